The predicted molar refractivity (Wildman–Crippen MR) is 77.2 cm³/mol. The molecular weight excluding hydrogens is 252 g/mol. The molecule has 3 rings (SSSR count). The van der Waals surface area contributed by atoms with E-state index in [-0.39, 0.29) is 5.78 Å². The highest BCUT2D eigenvalue weighted by atomic mass is 16.5. The van der Waals surface area contributed by atoms with Crippen LogP contribution in [0.3, 0.4) is 0 Å². The van der Waals surface area contributed by atoms with Crippen LogP contribution in [0, 0.1) is 0 Å². The van der Waals surface area contributed by atoms with E-state index in [9.17, 15) is 4.79 Å². The number of ketones is 1. The lowest BCUT2D eigenvalue weighted by molar-refractivity contribution is 0.100. The summed E-state index contributed by atoms with van der Waals surface area (Å²) >= 11 is 0. The molecule has 0 unspecified atom stereocenters. The quantitative estimate of drug-likeness (QED) is 0.782. The van der Waals surface area contributed by atoms with Crippen LogP contribution in [0.4, 0.5) is 0 Å². The molecule has 0 bridgehead atoms. The second kappa shape index (κ2) is 5.21. The Morgan fingerprint density at radius 2 is 1.85 bits per heavy atom. The van der Waals surface area contributed by atoms with E-state index in [0.717, 1.165) is 11.3 Å². The maximum absolute atomic E-state index is 12.4. The first-order valence-corrected chi connectivity index (χ1v) is 6.39. The Bertz CT molecular complexity index is 669. The van der Waals surface area contributed by atoms with Gasteiger partial charge in [0, 0.05) is 5.57 Å². The van der Waals surface area contributed by atoms with Gasteiger partial charge in [-0.1, -0.05) is 24.3 Å². The number of ether oxygens (including phenoxy) is 2. The van der Waals surface area contributed by atoms with Crippen LogP contribution >= 0.6 is 0 Å². The molecule has 100 valence electrons. The molecule has 0 amide bonds. The van der Waals surface area contributed by atoms with Crippen LogP contribution < -0.4 is 9.47 Å². The normalized spacial score (nSPS) is 15.7. The molecule has 0 spiro atoms. The summed E-state index contributed by atoms with van der Waals surface area (Å²) in [5, 5.41) is 0. The second-order valence-electron chi connectivity index (χ2n) is 4.56. The molecule has 3 heteroatoms. The van der Waals surface area contributed by atoms with Crippen LogP contribution in [0.15, 0.2) is 54.1 Å². The highest BCUT2D eigenvalue weighted by Crippen LogP contribution is 2.27. The fraction of sp³-hybridized carbons (Fsp3) is 0.118. The van der Waals surface area contributed by atoms with E-state index in [1.54, 1.807) is 13.2 Å². The topological polar surface area (TPSA) is 35.5 Å². The summed E-state index contributed by atoms with van der Waals surface area (Å²) < 4.78 is 10.7. The van der Waals surface area contributed by atoms with Gasteiger partial charge < -0.3 is 9.47 Å². The molecular formula is C17H14O3. The van der Waals surface area contributed by atoms with Gasteiger partial charge in [0.15, 0.2) is 5.78 Å². The van der Waals surface area contributed by atoms with Gasteiger partial charge in [-0.15, -0.1) is 0 Å². The van der Waals surface area contributed by atoms with Crippen molar-refractivity contribution >= 4 is 11.9 Å². The summed E-state index contributed by atoms with van der Waals surface area (Å²) in [7, 11) is 1.63. The van der Waals surface area contributed by atoms with Gasteiger partial charge in [0.2, 0.25) is 0 Å². The van der Waals surface area contributed by atoms with E-state index in [0.29, 0.717) is 23.5 Å². The minimum absolute atomic E-state index is 0.0302. The van der Waals surface area contributed by atoms with Gasteiger partial charge >= 0.3 is 0 Å². The number of fused-ring (bicyclic) bond motifs is 1. The van der Waals surface area contributed by atoms with Crippen molar-refractivity contribution in [2.75, 3.05) is 13.7 Å². The van der Waals surface area contributed by atoms with Gasteiger partial charge in [0.25, 0.3) is 0 Å². The molecule has 1 aliphatic rings. The van der Waals surface area contributed by atoms with Crippen molar-refractivity contribution in [2.45, 2.75) is 0 Å². The molecule has 2 aromatic rings. The lowest BCUT2D eigenvalue weighted by Gasteiger charge is -2.18. The fourth-order valence-corrected chi connectivity index (χ4v) is 2.18. The van der Waals surface area contributed by atoms with Crippen LogP contribution in [-0.2, 0) is 0 Å². The largest absolute Gasteiger partial charge is 0.497 e. The van der Waals surface area contributed by atoms with Gasteiger partial charge in [0.05, 0.1) is 12.7 Å². The molecule has 3 nitrogen and oxygen atoms in total. The smallest absolute Gasteiger partial charge is 0.196 e. The Morgan fingerprint density at radius 1 is 1.10 bits per heavy atom. The van der Waals surface area contributed by atoms with E-state index in [2.05, 4.69) is 0 Å². The Balaban J connectivity index is 1.91. The Kier molecular flexibility index (Phi) is 3.25. The maximum atomic E-state index is 12.4. The number of methoxy groups -OCH3 is 1. The Hall–Kier alpha value is -2.55. The van der Waals surface area contributed by atoms with Crippen molar-refractivity contribution in [1.29, 1.82) is 0 Å². The van der Waals surface area contributed by atoms with Crippen molar-refractivity contribution in [1.82, 2.24) is 0 Å². The monoisotopic (exact) mass is 266 g/mol. The summed E-state index contributed by atoms with van der Waals surface area (Å²) in [5.41, 5.74) is 2.24. The molecule has 20 heavy (non-hydrogen) atoms. The number of carbonyl (C=O) groups is 1. The number of Topliss-reactive ketones (excluding diaryl/α,β-unsaturated/α-hetero) is 1. The van der Waals surface area contributed by atoms with E-state index in [1.165, 1.54) is 0 Å². The van der Waals surface area contributed by atoms with Crippen molar-refractivity contribution in [3.63, 3.8) is 0 Å². The Labute approximate surface area is 117 Å². The van der Waals surface area contributed by atoms with Gasteiger partial charge in [0.1, 0.15) is 18.1 Å². The zero-order valence-corrected chi connectivity index (χ0v) is 11.1. The average Bonchev–Trinajstić information content (AvgIpc) is 2.51. The second-order valence-corrected chi connectivity index (χ2v) is 4.56. The molecule has 0 N–H and O–H groups in total. The van der Waals surface area contributed by atoms with Crippen LogP contribution in [-0.4, -0.2) is 19.5 Å². The van der Waals surface area contributed by atoms with Crippen LogP contribution in [0.1, 0.15) is 15.9 Å². The summed E-state index contributed by atoms with van der Waals surface area (Å²) in [6, 6.07) is 14.9. The lowest BCUT2D eigenvalue weighted by atomic mass is 9.98. The molecule has 1 aliphatic heterocycles. The van der Waals surface area contributed by atoms with Crippen LogP contribution in [0.5, 0.6) is 11.5 Å². The molecule has 0 aromatic heterocycles. The first-order valence-electron chi connectivity index (χ1n) is 6.39. The summed E-state index contributed by atoms with van der Waals surface area (Å²) in [5.74, 6) is 1.48. The third-order valence-corrected chi connectivity index (χ3v) is 3.26. The van der Waals surface area contributed by atoms with Crippen molar-refractivity contribution < 1.29 is 14.3 Å². The summed E-state index contributed by atoms with van der Waals surface area (Å²) in [6.07, 6.45) is 1.86. The zero-order chi connectivity index (χ0) is 13.9. The number of hydrogen-bond acceptors (Lipinski definition) is 3. The molecule has 0 atom stereocenters. The number of benzene rings is 2. The van der Waals surface area contributed by atoms with Gasteiger partial charge in [-0.3, -0.25) is 4.79 Å². The number of hydrogen-bond donors (Lipinski definition) is 0. The standard InChI is InChI=1S/C17H14O3/c1-19-14-8-6-12(7-9-14)10-13-11-20-16-5-3-2-4-15(16)17(13)18/h2-10H,11H2,1H3/b13-10-. The predicted octanol–water partition coefficient (Wildman–Crippen LogP) is 3.35. The molecule has 1 heterocycles. The average molecular weight is 266 g/mol. The third-order valence-electron chi connectivity index (χ3n) is 3.26. The Morgan fingerprint density at radius 3 is 2.60 bits per heavy atom. The van der Waals surface area contributed by atoms with Gasteiger partial charge in [-0.2, -0.15) is 0 Å². The van der Waals surface area contributed by atoms with Crippen LogP contribution in [0.25, 0.3) is 6.08 Å². The SMILES string of the molecule is COc1ccc(/C=C2/COc3ccccc3C2=O)cc1. The highest BCUT2D eigenvalue weighted by molar-refractivity contribution is 6.14. The third kappa shape index (κ3) is 2.30. The van der Waals surface area contributed by atoms with Gasteiger partial charge in [-0.05, 0) is 35.9 Å². The van der Waals surface area contributed by atoms with Crippen molar-refractivity contribution in [3.05, 3.63) is 65.2 Å². The first kappa shape index (κ1) is 12.5. The van der Waals surface area contributed by atoms with Crippen molar-refractivity contribution in [2.24, 2.45) is 0 Å². The molecule has 0 radical (unpaired) electrons. The molecule has 0 fully saturated rings. The number of para-hydroxylation sites is 1. The van der Waals surface area contributed by atoms with Gasteiger partial charge in [-0.25, -0.2) is 0 Å². The highest BCUT2D eigenvalue weighted by Gasteiger charge is 2.22. The summed E-state index contributed by atoms with van der Waals surface area (Å²) in [6.45, 7) is 0.307. The van der Waals surface area contributed by atoms with E-state index in [4.69, 9.17) is 9.47 Å². The van der Waals surface area contributed by atoms with Crippen molar-refractivity contribution in [3.8, 4) is 11.5 Å². The molecule has 0 saturated heterocycles. The van der Waals surface area contributed by atoms with Crippen LogP contribution in [0.2, 0.25) is 0 Å². The molecule has 0 saturated carbocycles. The maximum Gasteiger partial charge on any atom is 0.196 e. The minimum atomic E-state index is 0.0302. The number of rotatable bonds is 2. The molecule has 0 aliphatic carbocycles. The zero-order valence-electron chi connectivity index (χ0n) is 11.1. The van der Waals surface area contributed by atoms with E-state index in [1.807, 2.05) is 48.5 Å². The fourth-order valence-electron chi connectivity index (χ4n) is 2.18. The molecule has 2 aromatic carbocycles. The minimum Gasteiger partial charge on any atom is -0.497 e. The van der Waals surface area contributed by atoms with E-state index >= 15 is 0 Å². The number of carbonyl (C=O) groups excluding carboxylic acids is 1. The van der Waals surface area contributed by atoms with E-state index < -0.39 is 0 Å². The first-order chi connectivity index (χ1) is 9.78. The summed E-state index contributed by atoms with van der Waals surface area (Å²) in [4.78, 5) is 12.4. The lowest BCUT2D eigenvalue weighted by Crippen LogP contribution is -2.18.